The Hall–Kier alpha value is -0.310. The van der Waals surface area contributed by atoms with Crippen LogP contribution in [0.25, 0.3) is 0 Å². The van der Waals surface area contributed by atoms with E-state index in [4.69, 9.17) is 0 Å². The minimum atomic E-state index is 0.922. The third-order valence-electron chi connectivity index (χ3n) is 1.47. The van der Waals surface area contributed by atoms with Gasteiger partial charge in [0, 0.05) is 6.54 Å². The van der Waals surface area contributed by atoms with Crippen LogP contribution in [-0.4, -0.2) is 9.78 Å². The molecule has 0 bridgehead atoms. The molecule has 0 saturated carbocycles. The zero-order valence-electron chi connectivity index (χ0n) is 6.19. The predicted octanol–water partition coefficient (Wildman–Crippen LogP) is 2.03. The second-order valence-corrected chi connectivity index (χ2v) is 2.83. The average molecular weight is 202 g/mol. The van der Waals surface area contributed by atoms with Gasteiger partial charge in [-0.15, -0.1) is 0 Å². The third-order valence-corrected chi connectivity index (χ3v) is 2.10. The van der Waals surface area contributed by atoms with E-state index in [0.717, 1.165) is 17.4 Å². The van der Waals surface area contributed by atoms with Crippen molar-refractivity contribution in [1.29, 1.82) is 0 Å². The van der Waals surface area contributed by atoms with Crippen LogP contribution in [0.5, 0.6) is 0 Å². The molecule has 1 aromatic rings. The van der Waals surface area contributed by atoms with Crippen LogP contribution in [0.15, 0.2) is 4.47 Å². The molecule has 0 aliphatic carbocycles. The van der Waals surface area contributed by atoms with Crippen molar-refractivity contribution in [2.24, 2.45) is 0 Å². The number of halogens is 1. The average Bonchev–Trinajstić information content (AvgIpc) is 2.30. The molecule has 0 aliphatic rings. The Balaban J connectivity index is 3.01. The van der Waals surface area contributed by atoms with Crippen molar-refractivity contribution < 1.29 is 0 Å². The first kappa shape index (κ1) is 7.79. The molecule has 1 aromatic heterocycles. The van der Waals surface area contributed by atoms with E-state index in [0.29, 0.717) is 0 Å². The van der Waals surface area contributed by atoms with Crippen molar-refractivity contribution in [2.45, 2.75) is 26.8 Å². The number of nitrogens with zero attached hydrogens (tertiary/aromatic N) is 2. The lowest BCUT2D eigenvalue weighted by Gasteiger charge is -2.00. The van der Waals surface area contributed by atoms with Crippen LogP contribution in [0.1, 0.15) is 19.5 Å². The van der Waals surface area contributed by atoms with Crippen LogP contribution >= 0.6 is 15.9 Å². The Bertz CT molecular complexity index is 217. The monoisotopic (exact) mass is 201 g/mol. The lowest BCUT2D eigenvalue weighted by molar-refractivity contribution is 0.624. The van der Waals surface area contributed by atoms with E-state index in [1.54, 1.807) is 0 Å². The zero-order chi connectivity index (χ0) is 7.56. The van der Waals surface area contributed by atoms with E-state index < -0.39 is 0 Å². The molecule has 0 saturated heterocycles. The molecule has 0 aromatic carbocycles. The van der Waals surface area contributed by atoms with Crippen LogP contribution in [0.2, 0.25) is 0 Å². The molecule has 10 heavy (non-hydrogen) atoms. The van der Waals surface area contributed by atoms with Crippen molar-refractivity contribution in [3.05, 3.63) is 16.4 Å². The largest absolute Gasteiger partial charge is 0.268 e. The number of hydrogen-bond acceptors (Lipinski definition) is 1. The highest BCUT2D eigenvalue weighted by atomic mass is 79.9. The van der Waals surface area contributed by atoms with Gasteiger partial charge in [0.25, 0.3) is 0 Å². The highest BCUT2D eigenvalue weighted by Crippen LogP contribution is 2.15. The summed E-state index contributed by atoms with van der Waals surface area (Å²) in [5.41, 5.74) is 1.22. The third kappa shape index (κ3) is 1.24. The van der Waals surface area contributed by atoms with Gasteiger partial charge in [-0.3, -0.25) is 4.68 Å². The Labute approximate surface area is 69.4 Å². The molecular formula is C7H10BrN2. The molecule has 3 heteroatoms. The first-order valence-electron chi connectivity index (χ1n) is 3.42. The Morgan fingerprint density at radius 2 is 2.30 bits per heavy atom. The second kappa shape index (κ2) is 3.19. The van der Waals surface area contributed by atoms with Crippen LogP contribution in [0.4, 0.5) is 0 Å². The Morgan fingerprint density at radius 1 is 1.60 bits per heavy atom. The minimum Gasteiger partial charge on any atom is -0.268 e. The summed E-state index contributed by atoms with van der Waals surface area (Å²) < 4.78 is 2.95. The molecule has 0 amide bonds. The topological polar surface area (TPSA) is 17.8 Å². The van der Waals surface area contributed by atoms with Crippen LogP contribution in [0.3, 0.4) is 0 Å². The molecule has 0 fully saturated rings. The van der Waals surface area contributed by atoms with Gasteiger partial charge in [-0.05, 0) is 29.3 Å². The van der Waals surface area contributed by atoms with Crippen LogP contribution in [0, 0.1) is 6.20 Å². The quantitative estimate of drug-likeness (QED) is 0.717. The molecular weight excluding hydrogens is 192 g/mol. The van der Waals surface area contributed by atoms with E-state index in [1.807, 2.05) is 4.68 Å². The van der Waals surface area contributed by atoms with E-state index in [1.165, 1.54) is 5.69 Å². The summed E-state index contributed by atoms with van der Waals surface area (Å²) in [6.07, 6.45) is 3.87. The SMILES string of the molecule is CCc1c(Br)[c]nn1CC. The van der Waals surface area contributed by atoms with E-state index in [9.17, 15) is 0 Å². The minimum absolute atomic E-state index is 0.922. The maximum atomic E-state index is 4.05. The Morgan fingerprint density at radius 3 is 2.70 bits per heavy atom. The van der Waals surface area contributed by atoms with Gasteiger partial charge in [0.1, 0.15) is 6.20 Å². The van der Waals surface area contributed by atoms with E-state index in [2.05, 4.69) is 41.1 Å². The van der Waals surface area contributed by atoms with Gasteiger partial charge in [0.2, 0.25) is 0 Å². The van der Waals surface area contributed by atoms with E-state index >= 15 is 0 Å². The van der Waals surface area contributed by atoms with Crippen molar-refractivity contribution in [3.8, 4) is 0 Å². The van der Waals surface area contributed by atoms with Gasteiger partial charge in [-0.2, -0.15) is 5.10 Å². The summed E-state index contributed by atoms with van der Waals surface area (Å²) in [7, 11) is 0. The number of hydrogen-bond donors (Lipinski definition) is 0. The maximum Gasteiger partial charge on any atom is 0.128 e. The van der Waals surface area contributed by atoms with Gasteiger partial charge < -0.3 is 0 Å². The highest BCUT2D eigenvalue weighted by Gasteiger charge is 2.03. The molecule has 0 N–H and O–H groups in total. The maximum absolute atomic E-state index is 4.05. The standard InChI is InChI=1S/C7H10BrN2/c1-3-7-6(8)5-9-10(7)4-2/h3-4H2,1-2H3. The normalized spacial score (nSPS) is 10.3. The molecule has 0 aliphatic heterocycles. The number of aryl methyl sites for hydroxylation is 1. The van der Waals surface area contributed by atoms with E-state index in [-0.39, 0.29) is 0 Å². The lowest BCUT2D eigenvalue weighted by atomic mass is 10.3. The molecule has 0 atom stereocenters. The molecule has 2 nitrogen and oxygen atoms in total. The van der Waals surface area contributed by atoms with Crippen molar-refractivity contribution >= 4 is 15.9 Å². The van der Waals surface area contributed by atoms with Crippen LogP contribution in [-0.2, 0) is 13.0 Å². The first-order chi connectivity index (χ1) is 4.79. The molecule has 1 rings (SSSR count). The summed E-state index contributed by atoms with van der Waals surface area (Å²) in [5, 5.41) is 4.05. The van der Waals surface area contributed by atoms with Crippen LogP contribution < -0.4 is 0 Å². The molecule has 55 valence electrons. The summed E-state index contributed by atoms with van der Waals surface area (Å²) >= 11 is 3.38. The predicted molar refractivity (Wildman–Crippen MR) is 43.8 cm³/mol. The number of rotatable bonds is 2. The summed E-state index contributed by atoms with van der Waals surface area (Å²) in [4.78, 5) is 0. The lowest BCUT2D eigenvalue weighted by Crippen LogP contribution is -2.00. The molecule has 0 spiro atoms. The van der Waals surface area contributed by atoms with Gasteiger partial charge in [0.05, 0.1) is 10.2 Å². The fourth-order valence-corrected chi connectivity index (χ4v) is 1.51. The summed E-state index contributed by atoms with van der Waals surface area (Å²) in [5.74, 6) is 0. The van der Waals surface area contributed by atoms with Gasteiger partial charge in [0.15, 0.2) is 0 Å². The first-order valence-corrected chi connectivity index (χ1v) is 4.21. The number of aromatic nitrogens is 2. The Kier molecular flexibility index (Phi) is 2.49. The molecule has 0 unspecified atom stereocenters. The fraction of sp³-hybridized carbons (Fsp3) is 0.571. The molecule has 1 radical (unpaired) electrons. The van der Waals surface area contributed by atoms with Crippen molar-refractivity contribution in [1.82, 2.24) is 9.78 Å². The van der Waals surface area contributed by atoms with Crippen molar-refractivity contribution in [2.75, 3.05) is 0 Å². The summed E-state index contributed by atoms with van der Waals surface area (Å²) in [6, 6.07) is 0. The molecule has 1 heterocycles. The van der Waals surface area contributed by atoms with Gasteiger partial charge in [-0.1, -0.05) is 6.92 Å². The van der Waals surface area contributed by atoms with Gasteiger partial charge in [-0.25, -0.2) is 0 Å². The second-order valence-electron chi connectivity index (χ2n) is 2.04. The smallest absolute Gasteiger partial charge is 0.128 e. The zero-order valence-corrected chi connectivity index (χ0v) is 7.77. The fourth-order valence-electron chi connectivity index (χ4n) is 0.942. The van der Waals surface area contributed by atoms with Gasteiger partial charge >= 0.3 is 0 Å². The summed E-state index contributed by atoms with van der Waals surface area (Å²) in [6.45, 7) is 5.11. The van der Waals surface area contributed by atoms with Crippen molar-refractivity contribution in [3.63, 3.8) is 0 Å². The highest BCUT2D eigenvalue weighted by molar-refractivity contribution is 9.10.